The SMILES string of the molecule is C=C1CCC[C@@H]2[C@@](C)(CCC3=CCC(C4=CC(=O)O[C@H]4O)OC3)[C@H](C)CC[C@@]12C. The molecule has 4 rings (SSSR count). The average Bonchev–Trinajstić information content (AvgIpc) is 3.04. The summed E-state index contributed by atoms with van der Waals surface area (Å²) in [6, 6.07) is 0. The Morgan fingerprint density at radius 3 is 2.76 bits per heavy atom. The number of carbonyl (C=O) groups is 1. The van der Waals surface area contributed by atoms with Crippen molar-refractivity contribution in [1.29, 1.82) is 0 Å². The Labute approximate surface area is 175 Å². The molecule has 1 unspecified atom stereocenters. The van der Waals surface area contributed by atoms with Gasteiger partial charge in [-0.15, -0.1) is 0 Å². The first-order chi connectivity index (χ1) is 13.7. The predicted molar refractivity (Wildman–Crippen MR) is 113 cm³/mol. The number of allylic oxidation sites excluding steroid dienone is 1. The molecule has 4 aliphatic rings. The van der Waals surface area contributed by atoms with Gasteiger partial charge in [-0.2, -0.15) is 0 Å². The Morgan fingerprint density at radius 1 is 1.31 bits per heavy atom. The van der Waals surface area contributed by atoms with Crippen LogP contribution in [0.5, 0.6) is 0 Å². The summed E-state index contributed by atoms with van der Waals surface area (Å²) in [4.78, 5) is 11.3. The molecular formula is C25H36O4. The van der Waals surface area contributed by atoms with Crippen LogP contribution in [0, 0.1) is 22.7 Å². The summed E-state index contributed by atoms with van der Waals surface area (Å²) in [5.74, 6) is 0.966. The second-order valence-corrected chi connectivity index (χ2v) is 10.2. The molecule has 2 aliphatic carbocycles. The first kappa shape index (κ1) is 20.9. The second-order valence-electron chi connectivity index (χ2n) is 10.2. The predicted octanol–water partition coefficient (Wildman–Crippen LogP) is 5.08. The van der Waals surface area contributed by atoms with E-state index in [9.17, 15) is 9.90 Å². The topological polar surface area (TPSA) is 55.8 Å². The van der Waals surface area contributed by atoms with Crippen LogP contribution in [0.2, 0.25) is 0 Å². The highest BCUT2D eigenvalue weighted by Crippen LogP contribution is 2.62. The van der Waals surface area contributed by atoms with Gasteiger partial charge in [-0.1, -0.05) is 39.0 Å². The largest absolute Gasteiger partial charge is 0.429 e. The summed E-state index contributed by atoms with van der Waals surface area (Å²) < 4.78 is 10.8. The van der Waals surface area contributed by atoms with E-state index in [-0.39, 0.29) is 6.10 Å². The van der Waals surface area contributed by atoms with Gasteiger partial charge in [-0.25, -0.2) is 4.79 Å². The van der Waals surface area contributed by atoms with Crippen LogP contribution in [-0.2, 0) is 14.3 Å². The Bertz CT molecular complexity index is 750. The van der Waals surface area contributed by atoms with Gasteiger partial charge in [0.1, 0.15) is 0 Å². The summed E-state index contributed by atoms with van der Waals surface area (Å²) in [6.45, 7) is 12.5. The molecule has 160 valence electrons. The molecule has 4 nitrogen and oxygen atoms in total. The van der Waals surface area contributed by atoms with E-state index in [4.69, 9.17) is 9.47 Å². The zero-order valence-electron chi connectivity index (χ0n) is 18.2. The molecule has 6 atom stereocenters. The lowest BCUT2D eigenvalue weighted by Gasteiger charge is -2.59. The highest BCUT2D eigenvalue weighted by molar-refractivity contribution is 5.85. The van der Waals surface area contributed by atoms with Gasteiger partial charge in [0, 0.05) is 11.6 Å². The van der Waals surface area contributed by atoms with Gasteiger partial charge < -0.3 is 14.6 Å². The maximum atomic E-state index is 11.3. The van der Waals surface area contributed by atoms with E-state index >= 15 is 0 Å². The fraction of sp³-hybridized carbons (Fsp3) is 0.720. The number of aliphatic hydroxyl groups excluding tert-OH is 1. The molecule has 2 heterocycles. The lowest BCUT2D eigenvalue weighted by atomic mass is 9.46. The number of carbonyl (C=O) groups excluding carboxylic acids is 1. The first-order valence-electron chi connectivity index (χ1n) is 11.3. The highest BCUT2D eigenvalue weighted by atomic mass is 16.6. The number of hydrogen-bond donors (Lipinski definition) is 1. The number of fused-ring (bicyclic) bond motifs is 1. The zero-order chi connectivity index (χ0) is 20.8. The molecule has 0 amide bonds. The van der Waals surface area contributed by atoms with Gasteiger partial charge in [0.25, 0.3) is 0 Å². The van der Waals surface area contributed by atoms with E-state index in [0.717, 1.165) is 18.3 Å². The van der Waals surface area contributed by atoms with Gasteiger partial charge in [0.05, 0.1) is 12.7 Å². The minimum Gasteiger partial charge on any atom is -0.429 e. The number of hydrogen-bond acceptors (Lipinski definition) is 4. The van der Waals surface area contributed by atoms with Crippen molar-refractivity contribution in [2.24, 2.45) is 22.7 Å². The summed E-state index contributed by atoms with van der Waals surface area (Å²) in [6.07, 6.45) is 11.6. The minimum atomic E-state index is -1.15. The minimum absolute atomic E-state index is 0.255. The third kappa shape index (κ3) is 3.63. The monoisotopic (exact) mass is 400 g/mol. The molecule has 0 aromatic heterocycles. The van der Waals surface area contributed by atoms with Gasteiger partial charge >= 0.3 is 5.97 Å². The number of esters is 1. The molecule has 0 radical (unpaired) electrons. The second kappa shape index (κ2) is 7.70. The standard InChI is InChI=1S/C25H36O4/c1-16-6-5-7-21-24(16,3)12-10-17(2)25(21,4)13-11-18-8-9-20(28-15-18)19-14-22(26)29-23(19)27/h8,14,17,20-21,23,27H,1,5-7,9-13,15H2,2-4H3/t17-,20?,21+,23-,24+,25+/m1/s1. The van der Waals surface area contributed by atoms with Crippen molar-refractivity contribution in [1.82, 2.24) is 0 Å². The number of aliphatic hydroxyl groups is 1. The fourth-order valence-electron chi connectivity index (χ4n) is 6.50. The Kier molecular flexibility index (Phi) is 5.54. The zero-order valence-corrected chi connectivity index (χ0v) is 18.2. The van der Waals surface area contributed by atoms with Gasteiger partial charge in [-0.05, 0) is 79.6 Å². The first-order valence-corrected chi connectivity index (χ1v) is 11.3. The van der Waals surface area contributed by atoms with Crippen LogP contribution < -0.4 is 0 Å². The molecule has 0 aromatic carbocycles. The van der Waals surface area contributed by atoms with Crippen molar-refractivity contribution in [3.8, 4) is 0 Å². The van der Waals surface area contributed by atoms with E-state index in [1.807, 2.05) is 0 Å². The molecule has 2 saturated carbocycles. The smallest absolute Gasteiger partial charge is 0.333 e. The molecule has 2 aliphatic heterocycles. The van der Waals surface area contributed by atoms with Crippen LogP contribution in [0.1, 0.15) is 72.1 Å². The van der Waals surface area contributed by atoms with E-state index in [1.54, 1.807) is 0 Å². The number of rotatable bonds is 4. The normalized spacial score (nSPS) is 42.8. The van der Waals surface area contributed by atoms with E-state index in [1.165, 1.54) is 55.7 Å². The highest BCUT2D eigenvalue weighted by Gasteiger charge is 2.53. The third-order valence-electron chi connectivity index (χ3n) is 8.81. The lowest BCUT2D eigenvalue weighted by Crippen LogP contribution is -2.50. The average molecular weight is 401 g/mol. The molecule has 0 spiro atoms. The van der Waals surface area contributed by atoms with Gasteiger partial charge in [0.2, 0.25) is 6.29 Å². The molecular weight excluding hydrogens is 364 g/mol. The number of cyclic esters (lactones) is 1. The van der Waals surface area contributed by atoms with Crippen molar-refractivity contribution in [3.05, 3.63) is 35.5 Å². The summed E-state index contributed by atoms with van der Waals surface area (Å²) in [7, 11) is 0. The molecule has 0 aromatic rings. The Balaban J connectivity index is 1.42. The van der Waals surface area contributed by atoms with Crippen LogP contribution >= 0.6 is 0 Å². The van der Waals surface area contributed by atoms with Crippen molar-refractivity contribution in [3.63, 3.8) is 0 Å². The van der Waals surface area contributed by atoms with Crippen molar-refractivity contribution >= 4 is 5.97 Å². The van der Waals surface area contributed by atoms with E-state index in [0.29, 0.717) is 29.4 Å². The van der Waals surface area contributed by atoms with Crippen molar-refractivity contribution < 1.29 is 19.4 Å². The van der Waals surface area contributed by atoms with Crippen LogP contribution in [-0.4, -0.2) is 30.1 Å². The maximum absolute atomic E-state index is 11.3. The van der Waals surface area contributed by atoms with Crippen LogP contribution in [0.25, 0.3) is 0 Å². The number of ether oxygens (including phenoxy) is 2. The summed E-state index contributed by atoms with van der Waals surface area (Å²) in [5, 5.41) is 9.85. The molecule has 0 saturated heterocycles. The lowest BCUT2D eigenvalue weighted by molar-refractivity contribution is -0.152. The molecule has 29 heavy (non-hydrogen) atoms. The Morgan fingerprint density at radius 2 is 2.10 bits per heavy atom. The van der Waals surface area contributed by atoms with Crippen LogP contribution in [0.15, 0.2) is 35.5 Å². The third-order valence-corrected chi connectivity index (χ3v) is 8.81. The Hall–Kier alpha value is -1.39. The van der Waals surface area contributed by atoms with E-state index in [2.05, 4.69) is 33.4 Å². The quantitative estimate of drug-likeness (QED) is 0.528. The summed E-state index contributed by atoms with van der Waals surface area (Å²) in [5.41, 5.74) is 4.01. The van der Waals surface area contributed by atoms with Crippen molar-refractivity contribution in [2.75, 3.05) is 6.61 Å². The van der Waals surface area contributed by atoms with Gasteiger partial charge in [0.15, 0.2) is 0 Å². The van der Waals surface area contributed by atoms with Crippen molar-refractivity contribution in [2.45, 2.75) is 84.5 Å². The molecule has 2 fully saturated rings. The van der Waals surface area contributed by atoms with Gasteiger partial charge in [-0.3, -0.25) is 0 Å². The van der Waals surface area contributed by atoms with E-state index < -0.39 is 12.3 Å². The van der Waals surface area contributed by atoms with Crippen LogP contribution in [0.4, 0.5) is 0 Å². The molecule has 0 bridgehead atoms. The fourth-order valence-corrected chi connectivity index (χ4v) is 6.50. The molecule has 1 N–H and O–H groups in total. The maximum Gasteiger partial charge on any atom is 0.333 e. The summed E-state index contributed by atoms with van der Waals surface area (Å²) >= 11 is 0. The van der Waals surface area contributed by atoms with Crippen LogP contribution in [0.3, 0.4) is 0 Å². The molecule has 4 heteroatoms.